The molecule has 2 rings (SSSR count). The van der Waals surface area contributed by atoms with Crippen LogP contribution in [0.25, 0.3) is 0 Å². The van der Waals surface area contributed by atoms with Crippen LogP contribution in [0.3, 0.4) is 0 Å². The van der Waals surface area contributed by atoms with Crippen LogP contribution in [0.15, 0.2) is 30.5 Å². The molecule has 0 fully saturated rings. The minimum Gasteiger partial charge on any atom is -0.496 e. The average Bonchev–Trinajstić information content (AvgIpc) is 2.87. The van der Waals surface area contributed by atoms with Gasteiger partial charge in [-0.1, -0.05) is 24.6 Å². The summed E-state index contributed by atoms with van der Waals surface area (Å²) in [6, 6.07) is 8.28. The molecule has 0 bridgehead atoms. The van der Waals surface area contributed by atoms with Gasteiger partial charge in [-0.3, -0.25) is 4.68 Å². The van der Waals surface area contributed by atoms with Crippen molar-refractivity contribution in [1.82, 2.24) is 15.1 Å². The summed E-state index contributed by atoms with van der Waals surface area (Å²) in [6.45, 7) is 6.84. The van der Waals surface area contributed by atoms with E-state index in [4.69, 9.17) is 4.74 Å². The van der Waals surface area contributed by atoms with Crippen molar-refractivity contribution < 1.29 is 4.74 Å². The monoisotopic (exact) mass is 273 g/mol. The fourth-order valence-corrected chi connectivity index (χ4v) is 2.18. The van der Waals surface area contributed by atoms with Gasteiger partial charge in [0.2, 0.25) is 0 Å². The Morgan fingerprint density at radius 1 is 1.30 bits per heavy atom. The zero-order chi connectivity index (χ0) is 14.4. The van der Waals surface area contributed by atoms with Crippen molar-refractivity contribution in [2.24, 2.45) is 0 Å². The van der Waals surface area contributed by atoms with Gasteiger partial charge in [-0.2, -0.15) is 5.10 Å². The normalized spacial score (nSPS) is 10.8. The second-order valence-electron chi connectivity index (χ2n) is 5.00. The number of hydrogen-bond donors (Lipinski definition) is 1. The molecule has 1 aromatic carbocycles. The third-order valence-corrected chi connectivity index (χ3v) is 3.20. The second-order valence-corrected chi connectivity index (χ2v) is 5.00. The first-order valence-corrected chi connectivity index (χ1v) is 7.09. The lowest BCUT2D eigenvalue weighted by Gasteiger charge is -2.09. The maximum absolute atomic E-state index is 5.41. The van der Waals surface area contributed by atoms with Gasteiger partial charge in [0.15, 0.2) is 0 Å². The van der Waals surface area contributed by atoms with E-state index >= 15 is 0 Å². The molecule has 0 aliphatic heterocycles. The maximum Gasteiger partial charge on any atom is 0.123 e. The van der Waals surface area contributed by atoms with Crippen LogP contribution in [0, 0.1) is 6.92 Å². The topological polar surface area (TPSA) is 39.1 Å². The molecule has 4 nitrogen and oxygen atoms in total. The first-order chi connectivity index (χ1) is 9.72. The van der Waals surface area contributed by atoms with Crippen LogP contribution in [0.1, 0.15) is 30.2 Å². The molecule has 0 aliphatic carbocycles. The first kappa shape index (κ1) is 14.6. The molecule has 0 atom stereocenters. The summed E-state index contributed by atoms with van der Waals surface area (Å²) in [5.74, 6) is 0.914. The standard InChI is InChI=1S/C16H23N3O/c1-4-8-17-11-15-7-9-19(18-15)12-14-10-13(2)5-6-16(14)20-3/h5-7,9-10,17H,4,8,11-12H2,1-3H3. The second kappa shape index (κ2) is 7.10. The van der Waals surface area contributed by atoms with Gasteiger partial charge in [0.1, 0.15) is 5.75 Å². The molecule has 0 saturated carbocycles. The van der Waals surface area contributed by atoms with Gasteiger partial charge in [0.05, 0.1) is 19.3 Å². The molecule has 1 heterocycles. The Bertz CT molecular complexity index is 548. The van der Waals surface area contributed by atoms with Gasteiger partial charge in [-0.05, 0) is 32.0 Å². The number of rotatable bonds is 7. The molecule has 0 unspecified atom stereocenters. The van der Waals surface area contributed by atoms with Gasteiger partial charge in [-0.25, -0.2) is 0 Å². The maximum atomic E-state index is 5.41. The van der Waals surface area contributed by atoms with Crippen LogP contribution >= 0.6 is 0 Å². The van der Waals surface area contributed by atoms with E-state index in [-0.39, 0.29) is 0 Å². The van der Waals surface area contributed by atoms with Gasteiger partial charge in [0, 0.05) is 18.3 Å². The van der Waals surface area contributed by atoms with E-state index in [2.05, 4.69) is 42.5 Å². The van der Waals surface area contributed by atoms with Gasteiger partial charge in [0.25, 0.3) is 0 Å². The number of nitrogens with one attached hydrogen (secondary N) is 1. The highest BCUT2D eigenvalue weighted by atomic mass is 16.5. The first-order valence-electron chi connectivity index (χ1n) is 7.09. The molecule has 0 radical (unpaired) electrons. The molecule has 2 aromatic rings. The van der Waals surface area contributed by atoms with E-state index in [1.807, 2.05) is 16.9 Å². The highest BCUT2D eigenvalue weighted by Crippen LogP contribution is 2.20. The Morgan fingerprint density at radius 3 is 2.90 bits per heavy atom. The zero-order valence-electron chi connectivity index (χ0n) is 12.5. The van der Waals surface area contributed by atoms with Gasteiger partial charge >= 0.3 is 0 Å². The summed E-state index contributed by atoms with van der Waals surface area (Å²) >= 11 is 0. The SMILES string of the molecule is CCCNCc1ccn(Cc2cc(C)ccc2OC)n1. The Balaban J connectivity index is 2.04. The number of nitrogens with zero attached hydrogens (tertiary/aromatic N) is 2. The molecule has 4 heteroatoms. The quantitative estimate of drug-likeness (QED) is 0.788. The Kier molecular flexibility index (Phi) is 5.18. The average molecular weight is 273 g/mol. The minimum absolute atomic E-state index is 0.735. The molecule has 108 valence electrons. The number of hydrogen-bond acceptors (Lipinski definition) is 3. The van der Waals surface area contributed by atoms with E-state index < -0.39 is 0 Å². The summed E-state index contributed by atoms with van der Waals surface area (Å²) in [5.41, 5.74) is 3.46. The zero-order valence-corrected chi connectivity index (χ0v) is 12.5. The summed E-state index contributed by atoms with van der Waals surface area (Å²) in [7, 11) is 1.71. The highest BCUT2D eigenvalue weighted by molar-refractivity contribution is 5.36. The molecular formula is C16H23N3O. The largest absolute Gasteiger partial charge is 0.496 e. The van der Waals surface area contributed by atoms with Crippen LogP contribution in [-0.4, -0.2) is 23.4 Å². The highest BCUT2D eigenvalue weighted by Gasteiger charge is 2.05. The lowest BCUT2D eigenvalue weighted by molar-refractivity contribution is 0.407. The van der Waals surface area contributed by atoms with Crippen LogP contribution in [0.2, 0.25) is 0 Å². The summed E-state index contributed by atoms with van der Waals surface area (Å²) in [4.78, 5) is 0. The summed E-state index contributed by atoms with van der Waals surface area (Å²) in [6.07, 6.45) is 3.16. The summed E-state index contributed by atoms with van der Waals surface area (Å²) < 4.78 is 7.36. The lowest BCUT2D eigenvalue weighted by Crippen LogP contribution is -2.14. The van der Waals surface area contributed by atoms with E-state index in [1.165, 1.54) is 5.56 Å². The van der Waals surface area contributed by atoms with Crippen LogP contribution in [-0.2, 0) is 13.1 Å². The van der Waals surface area contributed by atoms with Crippen molar-refractivity contribution in [2.45, 2.75) is 33.4 Å². The van der Waals surface area contributed by atoms with Gasteiger partial charge < -0.3 is 10.1 Å². The Morgan fingerprint density at radius 2 is 2.15 bits per heavy atom. The van der Waals surface area contributed by atoms with Crippen LogP contribution in [0.5, 0.6) is 5.75 Å². The molecule has 1 N–H and O–H groups in total. The molecule has 0 saturated heterocycles. The van der Waals surface area contributed by atoms with Crippen molar-refractivity contribution in [1.29, 1.82) is 0 Å². The fraction of sp³-hybridized carbons (Fsp3) is 0.438. The minimum atomic E-state index is 0.735. The molecular weight excluding hydrogens is 250 g/mol. The van der Waals surface area contributed by atoms with Crippen molar-refractivity contribution in [3.8, 4) is 5.75 Å². The van der Waals surface area contributed by atoms with Crippen LogP contribution < -0.4 is 10.1 Å². The lowest BCUT2D eigenvalue weighted by atomic mass is 10.1. The number of methoxy groups -OCH3 is 1. The van der Waals surface area contributed by atoms with E-state index in [1.54, 1.807) is 7.11 Å². The molecule has 20 heavy (non-hydrogen) atoms. The predicted molar refractivity (Wildman–Crippen MR) is 81.1 cm³/mol. The number of aromatic nitrogens is 2. The van der Waals surface area contributed by atoms with Crippen molar-refractivity contribution in [2.75, 3.05) is 13.7 Å². The smallest absolute Gasteiger partial charge is 0.123 e. The third-order valence-electron chi connectivity index (χ3n) is 3.20. The van der Waals surface area contributed by atoms with E-state index in [0.717, 1.165) is 43.1 Å². The summed E-state index contributed by atoms with van der Waals surface area (Å²) in [5, 5.41) is 7.94. The fourth-order valence-electron chi connectivity index (χ4n) is 2.18. The predicted octanol–water partition coefficient (Wildman–Crippen LogP) is 2.75. The Labute approximate surface area is 120 Å². The van der Waals surface area contributed by atoms with Crippen molar-refractivity contribution in [3.05, 3.63) is 47.3 Å². The van der Waals surface area contributed by atoms with Gasteiger partial charge in [-0.15, -0.1) is 0 Å². The molecule has 0 spiro atoms. The van der Waals surface area contributed by atoms with E-state index in [0.29, 0.717) is 0 Å². The Hall–Kier alpha value is -1.81. The number of benzene rings is 1. The number of ether oxygens (including phenoxy) is 1. The van der Waals surface area contributed by atoms with E-state index in [9.17, 15) is 0 Å². The van der Waals surface area contributed by atoms with Crippen molar-refractivity contribution in [3.63, 3.8) is 0 Å². The van der Waals surface area contributed by atoms with Crippen LogP contribution in [0.4, 0.5) is 0 Å². The molecule has 0 aliphatic rings. The number of aryl methyl sites for hydroxylation is 1. The molecule has 0 amide bonds. The van der Waals surface area contributed by atoms with Crippen molar-refractivity contribution >= 4 is 0 Å². The third kappa shape index (κ3) is 3.84. The molecule has 1 aromatic heterocycles.